The Kier molecular flexibility index (Phi) is 4.46. The van der Waals surface area contributed by atoms with Crippen molar-refractivity contribution in [3.63, 3.8) is 0 Å². The Morgan fingerprint density at radius 2 is 2.05 bits per heavy atom. The van der Waals surface area contributed by atoms with Crippen LogP contribution in [-0.2, 0) is 6.18 Å². The van der Waals surface area contributed by atoms with Crippen molar-refractivity contribution in [2.45, 2.75) is 48.4 Å². The third-order valence-corrected chi connectivity index (χ3v) is 5.03. The molecule has 19 heavy (non-hydrogen) atoms. The first-order chi connectivity index (χ1) is 8.97. The highest BCUT2D eigenvalue weighted by Gasteiger charge is 2.36. The average molecular weight is 290 g/mol. The topological polar surface area (TPSA) is 20.2 Å². The summed E-state index contributed by atoms with van der Waals surface area (Å²) in [5.41, 5.74) is 0.458. The van der Waals surface area contributed by atoms with E-state index in [9.17, 15) is 13.2 Å². The molecule has 2 atom stereocenters. The lowest BCUT2D eigenvalue weighted by molar-refractivity contribution is -0.137. The molecule has 0 fully saturated rings. The molecule has 0 aliphatic carbocycles. The number of hydrogen-bond donors (Lipinski definition) is 1. The van der Waals surface area contributed by atoms with E-state index in [0.717, 1.165) is 23.3 Å². The number of rotatable bonds is 4. The van der Waals surface area contributed by atoms with Gasteiger partial charge in [-0.3, -0.25) is 0 Å². The van der Waals surface area contributed by atoms with Crippen molar-refractivity contribution >= 4 is 11.8 Å². The first-order valence-electron chi connectivity index (χ1n) is 6.46. The number of halogens is 3. The molecule has 1 N–H and O–H groups in total. The van der Waals surface area contributed by atoms with Crippen molar-refractivity contribution in [3.05, 3.63) is 29.3 Å². The van der Waals surface area contributed by atoms with Gasteiger partial charge in [0.2, 0.25) is 0 Å². The SMILES string of the molecule is CCC1c2ccc(C(F)(F)F)cc2SC1CCCO. The molecule has 1 aromatic rings. The van der Waals surface area contributed by atoms with E-state index in [1.807, 2.05) is 0 Å². The molecular weight excluding hydrogens is 273 g/mol. The fourth-order valence-corrected chi connectivity index (χ4v) is 4.26. The number of thioether (sulfide) groups is 1. The quantitative estimate of drug-likeness (QED) is 0.884. The Labute approximate surface area is 115 Å². The molecule has 0 amide bonds. The molecule has 0 radical (unpaired) electrons. The molecule has 5 heteroatoms. The summed E-state index contributed by atoms with van der Waals surface area (Å²) in [6.07, 6.45) is -1.81. The van der Waals surface area contributed by atoms with Gasteiger partial charge in [-0.2, -0.15) is 13.2 Å². The van der Waals surface area contributed by atoms with Gasteiger partial charge in [-0.1, -0.05) is 13.0 Å². The minimum absolute atomic E-state index is 0.137. The number of aliphatic hydroxyl groups is 1. The van der Waals surface area contributed by atoms with Gasteiger partial charge in [-0.25, -0.2) is 0 Å². The summed E-state index contributed by atoms with van der Waals surface area (Å²) in [7, 11) is 0. The van der Waals surface area contributed by atoms with E-state index in [4.69, 9.17) is 5.11 Å². The van der Waals surface area contributed by atoms with Crippen molar-refractivity contribution in [2.75, 3.05) is 6.61 Å². The summed E-state index contributed by atoms with van der Waals surface area (Å²) in [5.74, 6) is 0.300. The van der Waals surface area contributed by atoms with Crippen LogP contribution >= 0.6 is 11.8 Å². The minimum atomic E-state index is -4.28. The van der Waals surface area contributed by atoms with Crippen LogP contribution in [0.4, 0.5) is 13.2 Å². The highest BCUT2D eigenvalue weighted by molar-refractivity contribution is 8.00. The predicted octanol–water partition coefficient (Wildman–Crippen LogP) is 4.45. The van der Waals surface area contributed by atoms with Crippen LogP contribution in [0.25, 0.3) is 0 Å². The third kappa shape index (κ3) is 3.08. The lowest BCUT2D eigenvalue weighted by atomic mass is 9.90. The largest absolute Gasteiger partial charge is 0.416 e. The Balaban J connectivity index is 2.25. The molecule has 1 aliphatic heterocycles. The molecule has 0 aromatic heterocycles. The smallest absolute Gasteiger partial charge is 0.396 e. The maximum Gasteiger partial charge on any atom is 0.416 e. The molecule has 106 valence electrons. The monoisotopic (exact) mass is 290 g/mol. The van der Waals surface area contributed by atoms with Crippen LogP contribution in [0.15, 0.2) is 23.1 Å². The summed E-state index contributed by atoms with van der Waals surface area (Å²) >= 11 is 1.53. The molecule has 1 nitrogen and oxygen atoms in total. The molecule has 0 spiro atoms. The predicted molar refractivity (Wildman–Crippen MR) is 70.4 cm³/mol. The van der Waals surface area contributed by atoms with Crippen LogP contribution in [0, 0.1) is 0 Å². The van der Waals surface area contributed by atoms with Crippen LogP contribution in [0.5, 0.6) is 0 Å². The summed E-state index contributed by atoms with van der Waals surface area (Å²) in [6, 6.07) is 4.07. The second-order valence-corrected chi connectivity index (χ2v) is 6.07. The zero-order valence-electron chi connectivity index (χ0n) is 10.7. The summed E-state index contributed by atoms with van der Waals surface area (Å²) in [6.45, 7) is 2.20. The summed E-state index contributed by atoms with van der Waals surface area (Å²) in [5, 5.41) is 9.18. The van der Waals surface area contributed by atoms with E-state index < -0.39 is 11.7 Å². The van der Waals surface area contributed by atoms with Gasteiger partial charge in [-0.15, -0.1) is 11.8 Å². The Hall–Kier alpha value is -0.680. The zero-order valence-corrected chi connectivity index (χ0v) is 11.5. The molecule has 1 aliphatic rings. The van der Waals surface area contributed by atoms with Gasteiger partial charge in [0, 0.05) is 16.8 Å². The lowest BCUT2D eigenvalue weighted by Crippen LogP contribution is -2.10. The van der Waals surface area contributed by atoms with Gasteiger partial charge >= 0.3 is 6.18 Å². The number of fused-ring (bicyclic) bond motifs is 1. The maximum absolute atomic E-state index is 12.7. The highest BCUT2D eigenvalue weighted by atomic mass is 32.2. The van der Waals surface area contributed by atoms with Crippen molar-refractivity contribution < 1.29 is 18.3 Å². The number of alkyl halides is 3. The normalized spacial score (nSPS) is 22.6. The van der Waals surface area contributed by atoms with Crippen LogP contribution < -0.4 is 0 Å². The molecule has 0 bridgehead atoms. The molecule has 0 saturated carbocycles. The second-order valence-electron chi connectivity index (χ2n) is 4.79. The van der Waals surface area contributed by atoms with Crippen molar-refractivity contribution in [1.29, 1.82) is 0 Å². The second kappa shape index (κ2) is 5.75. The summed E-state index contributed by atoms with van der Waals surface area (Å²) < 4.78 is 38.1. The Bertz CT molecular complexity index is 445. The van der Waals surface area contributed by atoms with Gasteiger partial charge in [-0.05, 0) is 42.9 Å². The van der Waals surface area contributed by atoms with Crippen LogP contribution in [0.2, 0.25) is 0 Å². The summed E-state index contributed by atoms with van der Waals surface area (Å²) in [4.78, 5) is 0.754. The van der Waals surface area contributed by atoms with E-state index in [1.165, 1.54) is 23.9 Å². The van der Waals surface area contributed by atoms with Gasteiger partial charge in [0.05, 0.1) is 5.56 Å². The Morgan fingerprint density at radius 3 is 2.63 bits per heavy atom. The molecule has 1 aromatic carbocycles. The molecule has 1 heterocycles. The number of benzene rings is 1. The van der Waals surface area contributed by atoms with Crippen LogP contribution in [0.3, 0.4) is 0 Å². The molecule has 0 saturated heterocycles. The third-order valence-electron chi connectivity index (χ3n) is 3.55. The minimum Gasteiger partial charge on any atom is -0.396 e. The van der Waals surface area contributed by atoms with Gasteiger partial charge in [0.15, 0.2) is 0 Å². The van der Waals surface area contributed by atoms with Gasteiger partial charge < -0.3 is 5.11 Å². The van der Waals surface area contributed by atoms with Crippen LogP contribution in [-0.4, -0.2) is 17.0 Å². The van der Waals surface area contributed by atoms with Gasteiger partial charge in [0.25, 0.3) is 0 Å². The lowest BCUT2D eigenvalue weighted by Gasteiger charge is -2.17. The molecular formula is C14H17F3OS. The van der Waals surface area contributed by atoms with E-state index in [0.29, 0.717) is 12.3 Å². The fourth-order valence-electron chi connectivity index (χ4n) is 2.60. The van der Waals surface area contributed by atoms with E-state index in [2.05, 4.69) is 6.92 Å². The van der Waals surface area contributed by atoms with E-state index in [-0.39, 0.29) is 11.9 Å². The standard InChI is InChI=1S/C14H17F3OS/c1-2-10-11-6-5-9(14(15,16)17)8-13(11)19-12(10)4-3-7-18/h5-6,8,10,12,18H,2-4,7H2,1H3. The van der Waals surface area contributed by atoms with Crippen molar-refractivity contribution in [1.82, 2.24) is 0 Å². The zero-order chi connectivity index (χ0) is 14.0. The highest BCUT2D eigenvalue weighted by Crippen LogP contribution is 2.50. The average Bonchev–Trinajstić information content (AvgIpc) is 2.71. The van der Waals surface area contributed by atoms with E-state index >= 15 is 0 Å². The maximum atomic E-state index is 12.7. The van der Waals surface area contributed by atoms with Crippen LogP contribution in [0.1, 0.15) is 43.2 Å². The van der Waals surface area contributed by atoms with Crippen molar-refractivity contribution in [3.8, 4) is 0 Å². The van der Waals surface area contributed by atoms with E-state index in [1.54, 1.807) is 6.07 Å². The molecule has 2 rings (SSSR count). The van der Waals surface area contributed by atoms with Gasteiger partial charge in [0.1, 0.15) is 0 Å². The van der Waals surface area contributed by atoms with Crippen molar-refractivity contribution in [2.24, 2.45) is 0 Å². The Morgan fingerprint density at radius 1 is 1.32 bits per heavy atom. The molecule has 2 unspecified atom stereocenters. The fraction of sp³-hybridized carbons (Fsp3) is 0.571. The first-order valence-corrected chi connectivity index (χ1v) is 7.34. The number of hydrogen-bond acceptors (Lipinski definition) is 2. The first kappa shape index (κ1) is 14.7. The number of aliphatic hydroxyl groups excluding tert-OH is 1.